The fourth-order valence-corrected chi connectivity index (χ4v) is 2.99. The van der Waals surface area contributed by atoms with Gasteiger partial charge in [-0.2, -0.15) is 0 Å². The number of anilines is 2. The van der Waals surface area contributed by atoms with Crippen LogP contribution in [-0.2, 0) is 0 Å². The van der Waals surface area contributed by atoms with Crippen LogP contribution in [0.4, 0.5) is 10.8 Å². The molecule has 0 aliphatic rings. The highest BCUT2D eigenvalue weighted by Crippen LogP contribution is 2.31. The Morgan fingerprint density at radius 3 is 2.50 bits per heavy atom. The number of para-hydroxylation sites is 1. The summed E-state index contributed by atoms with van der Waals surface area (Å²) in [6, 6.07) is 5.56. The van der Waals surface area contributed by atoms with Gasteiger partial charge in [0.1, 0.15) is 0 Å². The third kappa shape index (κ3) is 2.88. The van der Waals surface area contributed by atoms with Crippen LogP contribution in [-0.4, -0.2) is 23.2 Å². The van der Waals surface area contributed by atoms with Crippen molar-refractivity contribution in [2.24, 2.45) is 0 Å². The van der Waals surface area contributed by atoms with E-state index in [1.165, 1.54) is 11.3 Å². The summed E-state index contributed by atoms with van der Waals surface area (Å²) >= 11 is 7.95. The number of nitrogens with zero attached hydrogens (tertiary/aromatic N) is 2. The van der Waals surface area contributed by atoms with Crippen molar-refractivity contribution in [3.8, 4) is 0 Å². The Kier molecular flexibility index (Phi) is 4.31. The molecule has 0 bridgehead atoms. The van der Waals surface area contributed by atoms with Crippen molar-refractivity contribution < 1.29 is 4.79 Å². The van der Waals surface area contributed by atoms with Crippen molar-refractivity contribution in [3.63, 3.8) is 0 Å². The van der Waals surface area contributed by atoms with Gasteiger partial charge >= 0.3 is 0 Å². The zero-order valence-electron chi connectivity index (χ0n) is 9.20. The minimum atomic E-state index is -0.290. The molecule has 0 unspecified atom stereocenters. The standard InChI is InChI=1S/C10H8Br2N4OS/c1-13-10-16-15-9(18-10)8(17)14-7-5(11)3-2-4-6(7)12/h2-4H,1H3,(H,13,16)(H,14,17). The summed E-state index contributed by atoms with van der Waals surface area (Å²) in [6.45, 7) is 0. The molecule has 1 amide bonds. The molecule has 1 aromatic carbocycles. The number of carbonyl (C=O) groups excluding carboxylic acids is 1. The van der Waals surface area contributed by atoms with Crippen LogP contribution in [0.25, 0.3) is 0 Å². The van der Waals surface area contributed by atoms with Crippen LogP contribution < -0.4 is 10.6 Å². The number of nitrogens with one attached hydrogen (secondary N) is 2. The van der Waals surface area contributed by atoms with Gasteiger partial charge in [0.25, 0.3) is 5.91 Å². The lowest BCUT2D eigenvalue weighted by molar-refractivity contribution is 0.102. The Labute approximate surface area is 124 Å². The zero-order chi connectivity index (χ0) is 13.1. The number of amides is 1. The molecule has 0 aliphatic carbocycles. The van der Waals surface area contributed by atoms with E-state index < -0.39 is 0 Å². The Balaban J connectivity index is 2.21. The first kappa shape index (κ1) is 13.4. The van der Waals surface area contributed by atoms with E-state index >= 15 is 0 Å². The molecule has 0 radical (unpaired) electrons. The minimum Gasteiger partial charge on any atom is -0.363 e. The predicted octanol–water partition coefficient (Wildman–Crippen LogP) is 3.36. The van der Waals surface area contributed by atoms with Crippen LogP contribution in [0.3, 0.4) is 0 Å². The van der Waals surface area contributed by atoms with Crippen LogP contribution in [0.1, 0.15) is 9.80 Å². The van der Waals surface area contributed by atoms with Gasteiger partial charge in [0.05, 0.1) is 5.69 Å². The molecule has 2 N–H and O–H groups in total. The number of benzene rings is 1. The minimum absolute atomic E-state index is 0.290. The summed E-state index contributed by atoms with van der Waals surface area (Å²) in [6.07, 6.45) is 0. The van der Waals surface area contributed by atoms with E-state index in [1.807, 2.05) is 18.2 Å². The lowest BCUT2D eigenvalue weighted by atomic mass is 10.3. The van der Waals surface area contributed by atoms with E-state index in [0.717, 1.165) is 8.95 Å². The van der Waals surface area contributed by atoms with Crippen LogP contribution in [0, 0.1) is 0 Å². The predicted molar refractivity (Wildman–Crippen MR) is 79.3 cm³/mol. The van der Waals surface area contributed by atoms with E-state index in [4.69, 9.17) is 0 Å². The van der Waals surface area contributed by atoms with Gasteiger partial charge in [0.2, 0.25) is 10.1 Å². The number of rotatable bonds is 3. The summed E-state index contributed by atoms with van der Waals surface area (Å²) in [4.78, 5) is 12.0. The maximum atomic E-state index is 12.0. The lowest BCUT2D eigenvalue weighted by Crippen LogP contribution is -2.12. The zero-order valence-corrected chi connectivity index (χ0v) is 13.2. The molecule has 0 saturated carbocycles. The van der Waals surface area contributed by atoms with Crippen LogP contribution in [0.2, 0.25) is 0 Å². The molecule has 1 heterocycles. The summed E-state index contributed by atoms with van der Waals surface area (Å²) < 4.78 is 1.59. The molecule has 0 atom stereocenters. The van der Waals surface area contributed by atoms with E-state index in [-0.39, 0.29) is 5.91 Å². The first-order valence-corrected chi connectivity index (χ1v) is 7.28. The second-order valence-electron chi connectivity index (χ2n) is 3.21. The first-order valence-electron chi connectivity index (χ1n) is 4.88. The number of hydrogen-bond acceptors (Lipinski definition) is 5. The average Bonchev–Trinajstić information content (AvgIpc) is 2.82. The van der Waals surface area contributed by atoms with Crippen molar-refractivity contribution in [2.75, 3.05) is 17.7 Å². The average molecular weight is 392 g/mol. The molecule has 18 heavy (non-hydrogen) atoms. The summed E-state index contributed by atoms with van der Waals surface area (Å²) in [7, 11) is 1.73. The Morgan fingerprint density at radius 1 is 1.28 bits per heavy atom. The van der Waals surface area contributed by atoms with Gasteiger partial charge in [0, 0.05) is 16.0 Å². The van der Waals surface area contributed by atoms with Crippen LogP contribution in [0.5, 0.6) is 0 Å². The second-order valence-corrected chi connectivity index (χ2v) is 5.90. The molecule has 8 heteroatoms. The van der Waals surface area contributed by atoms with Crippen molar-refractivity contribution in [1.29, 1.82) is 0 Å². The molecule has 2 aromatic rings. The lowest BCUT2D eigenvalue weighted by Gasteiger charge is -2.07. The highest BCUT2D eigenvalue weighted by Gasteiger charge is 2.15. The molecule has 2 rings (SSSR count). The fraction of sp³-hybridized carbons (Fsp3) is 0.100. The highest BCUT2D eigenvalue weighted by atomic mass is 79.9. The van der Waals surface area contributed by atoms with E-state index in [2.05, 4.69) is 52.7 Å². The van der Waals surface area contributed by atoms with Gasteiger partial charge in [-0.25, -0.2) is 0 Å². The van der Waals surface area contributed by atoms with Crippen molar-refractivity contribution in [1.82, 2.24) is 10.2 Å². The highest BCUT2D eigenvalue weighted by molar-refractivity contribution is 9.11. The van der Waals surface area contributed by atoms with Crippen LogP contribution in [0.15, 0.2) is 27.1 Å². The third-order valence-electron chi connectivity index (χ3n) is 2.03. The molecule has 0 spiro atoms. The fourth-order valence-electron chi connectivity index (χ4n) is 1.20. The molecule has 94 valence electrons. The molecule has 1 aromatic heterocycles. The van der Waals surface area contributed by atoms with Crippen LogP contribution >= 0.6 is 43.2 Å². The van der Waals surface area contributed by atoms with E-state index in [9.17, 15) is 4.79 Å². The van der Waals surface area contributed by atoms with Gasteiger partial charge in [-0.15, -0.1) is 10.2 Å². The second kappa shape index (κ2) is 5.77. The molecular formula is C10H8Br2N4OS. The maximum Gasteiger partial charge on any atom is 0.286 e. The smallest absolute Gasteiger partial charge is 0.286 e. The largest absolute Gasteiger partial charge is 0.363 e. The molecule has 0 fully saturated rings. The molecule has 0 aliphatic heterocycles. The topological polar surface area (TPSA) is 66.9 Å². The summed E-state index contributed by atoms with van der Waals surface area (Å²) in [5.74, 6) is -0.290. The summed E-state index contributed by atoms with van der Waals surface area (Å²) in [5.41, 5.74) is 0.670. The van der Waals surface area contributed by atoms with Gasteiger partial charge < -0.3 is 10.6 Å². The number of carbonyl (C=O) groups is 1. The van der Waals surface area contributed by atoms with Crippen molar-refractivity contribution in [2.45, 2.75) is 0 Å². The summed E-state index contributed by atoms with van der Waals surface area (Å²) in [5, 5.41) is 14.1. The third-order valence-corrected chi connectivity index (χ3v) is 4.30. The maximum absolute atomic E-state index is 12.0. The van der Waals surface area contributed by atoms with E-state index in [1.54, 1.807) is 7.05 Å². The monoisotopic (exact) mass is 390 g/mol. The molecule has 0 saturated heterocycles. The normalized spacial score (nSPS) is 10.2. The Hall–Kier alpha value is -0.990. The van der Waals surface area contributed by atoms with Gasteiger partial charge in [-0.3, -0.25) is 4.79 Å². The first-order chi connectivity index (χ1) is 8.61. The van der Waals surface area contributed by atoms with Gasteiger partial charge in [-0.05, 0) is 44.0 Å². The molecular weight excluding hydrogens is 384 g/mol. The molecule has 5 nitrogen and oxygen atoms in total. The van der Waals surface area contributed by atoms with Gasteiger partial charge in [0.15, 0.2) is 0 Å². The quantitative estimate of drug-likeness (QED) is 0.841. The number of halogens is 2. The van der Waals surface area contributed by atoms with E-state index in [0.29, 0.717) is 15.8 Å². The van der Waals surface area contributed by atoms with Crippen molar-refractivity contribution >= 4 is 59.9 Å². The number of hydrogen-bond donors (Lipinski definition) is 2. The number of aromatic nitrogens is 2. The Bertz CT molecular complexity index is 567. The van der Waals surface area contributed by atoms with Gasteiger partial charge in [-0.1, -0.05) is 17.4 Å². The van der Waals surface area contributed by atoms with Crippen molar-refractivity contribution in [3.05, 3.63) is 32.2 Å². The SMILES string of the molecule is CNc1nnc(C(=O)Nc2c(Br)cccc2Br)s1. The Morgan fingerprint density at radius 2 is 1.94 bits per heavy atom.